The Labute approximate surface area is 775 Å². The molecule has 7 aromatic rings. The number of nitrogens with zero attached hydrogens (tertiary/aromatic N) is 5. The minimum Gasteiger partial charge on any atom is -0.508 e. The Morgan fingerprint density at radius 2 is 1.03 bits per heavy atom. The van der Waals surface area contributed by atoms with Crippen LogP contribution >= 0.6 is 11.8 Å². The molecule has 0 spiro atoms. The van der Waals surface area contributed by atoms with E-state index in [2.05, 4.69) is 31.6 Å². The van der Waals surface area contributed by atoms with Crippen molar-refractivity contribution in [1.29, 1.82) is 0 Å². The number of hydrogen-bond acceptors (Lipinski definition) is 20. The number of likely N-dealkylation sites (N-methyl/N-ethyl adjacent to an activating group) is 5. The van der Waals surface area contributed by atoms with Gasteiger partial charge in [0.1, 0.15) is 60.1 Å². The van der Waals surface area contributed by atoms with Gasteiger partial charge in [-0.25, -0.2) is 0 Å². The van der Waals surface area contributed by atoms with Crippen LogP contribution in [0.5, 0.6) is 11.5 Å². The number of hydrogen-bond donors (Lipinski definition) is 9. The first-order valence-corrected chi connectivity index (χ1v) is 46.4. The monoisotopic (exact) mass is 1830 g/mol. The van der Waals surface area contributed by atoms with Crippen molar-refractivity contribution in [3.63, 3.8) is 0 Å². The Balaban J connectivity index is 1.12. The van der Waals surface area contributed by atoms with E-state index in [0.29, 0.717) is 82.8 Å². The van der Waals surface area contributed by atoms with Crippen LogP contribution in [0.1, 0.15) is 144 Å². The van der Waals surface area contributed by atoms with Crippen molar-refractivity contribution in [2.24, 2.45) is 35.3 Å². The van der Waals surface area contributed by atoms with Crippen LogP contribution in [0.4, 0.5) is 0 Å². The second kappa shape index (κ2) is 51.1. The van der Waals surface area contributed by atoms with Gasteiger partial charge in [0.05, 0.1) is 36.8 Å². The second-order valence-corrected chi connectivity index (χ2v) is 36.2. The number of amides is 11. The van der Waals surface area contributed by atoms with Crippen molar-refractivity contribution in [2.75, 3.05) is 66.4 Å². The fourth-order valence-corrected chi connectivity index (χ4v) is 18.1. The number of benzene rings is 6. The van der Waals surface area contributed by atoms with Crippen molar-refractivity contribution in [1.82, 2.24) is 56.1 Å². The van der Waals surface area contributed by atoms with E-state index in [-0.39, 0.29) is 81.0 Å². The number of carbonyl (C=O) groups is 16. The summed E-state index contributed by atoms with van der Waals surface area (Å²) in [6.45, 7) is 3.67. The van der Waals surface area contributed by atoms with Gasteiger partial charge in [0.2, 0.25) is 65.0 Å². The van der Waals surface area contributed by atoms with Gasteiger partial charge in [0.15, 0.2) is 17.3 Å². The van der Waals surface area contributed by atoms with Gasteiger partial charge in [-0.05, 0) is 108 Å². The Kier molecular flexibility index (Phi) is 39.8. The summed E-state index contributed by atoms with van der Waals surface area (Å²) in [7, 11) is 6.95. The highest BCUT2D eigenvalue weighted by Gasteiger charge is 2.43. The molecule has 1 aromatic heterocycles. The second-order valence-electron chi connectivity index (χ2n) is 35.2. The molecule has 9 rings (SSSR count). The van der Waals surface area contributed by atoms with Gasteiger partial charge in [0, 0.05) is 134 Å². The molecule has 2 heterocycles. The van der Waals surface area contributed by atoms with E-state index in [4.69, 9.17) is 10.5 Å². The van der Waals surface area contributed by atoms with E-state index < -0.39 is 218 Å². The molecule has 1 aliphatic carbocycles. The Morgan fingerprint density at radius 1 is 0.500 bits per heavy atom. The third-order valence-electron chi connectivity index (χ3n) is 24.6. The first kappa shape index (κ1) is 103. The molecule has 10 N–H and O–H groups in total. The number of unbranched alkanes of at least 4 members (excludes halogenated alkanes) is 1. The molecule has 0 bridgehead atoms. The zero-order valence-corrected chi connectivity index (χ0v) is 77.3. The summed E-state index contributed by atoms with van der Waals surface area (Å²) in [6, 6.07) is 34.1. The highest BCUT2D eigenvalue weighted by atomic mass is 32.2. The normalized spacial score (nSPS) is 22.7. The van der Waals surface area contributed by atoms with E-state index in [1.165, 1.54) is 86.3 Å². The fraction of sp³-hybridized carbons (Fsp3) is 0.460. The van der Waals surface area contributed by atoms with E-state index >= 15 is 47.9 Å². The predicted molar refractivity (Wildman–Crippen MR) is 498 cm³/mol. The van der Waals surface area contributed by atoms with Crippen molar-refractivity contribution in [3.05, 3.63) is 203 Å². The number of phenols is 2. The van der Waals surface area contributed by atoms with Crippen molar-refractivity contribution < 1.29 is 91.7 Å². The molecule has 1 saturated carbocycles. The maximum Gasteiger partial charge on any atom is 0.293 e. The lowest BCUT2D eigenvalue weighted by Crippen LogP contribution is -2.58. The molecule has 2 fully saturated rings. The van der Waals surface area contributed by atoms with Crippen LogP contribution in [-0.2, 0) is 120 Å². The minimum atomic E-state index is -1.51. The van der Waals surface area contributed by atoms with Gasteiger partial charge in [-0.15, -0.1) is 11.8 Å². The lowest BCUT2D eigenvalue weighted by Gasteiger charge is -2.37. The topological polar surface area (TPSA) is 441 Å². The first-order valence-electron chi connectivity index (χ1n) is 45.2. The average molecular weight is 1830 g/mol. The summed E-state index contributed by atoms with van der Waals surface area (Å²) in [6.07, 6.45) is 2.58. The molecule has 32 heteroatoms. The van der Waals surface area contributed by atoms with Crippen LogP contribution in [0.25, 0.3) is 10.9 Å². The van der Waals surface area contributed by atoms with Crippen molar-refractivity contribution in [2.45, 2.75) is 198 Å². The molecule has 6 aromatic carbocycles. The number of para-hydroxylation sites is 1. The number of carbonyl (C=O) groups excluding carboxylic acids is 16. The number of ketones is 4. The third kappa shape index (κ3) is 30.9. The van der Waals surface area contributed by atoms with Crippen LogP contribution in [0.15, 0.2) is 170 Å². The third-order valence-corrected chi connectivity index (χ3v) is 25.7. The molecule has 11 amide bonds. The molecule has 1 aliphatic heterocycles. The van der Waals surface area contributed by atoms with E-state index in [9.17, 15) is 39.0 Å². The maximum absolute atomic E-state index is 15.8. The smallest absolute Gasteiger partial charge is 0.293 e. The zero-order valence-electron chi connectivity index (χ0n) is 76.5. The quantitative estimate of drug-likeness (QED) is 0.0251. The average Bonchev–Trinajstić information content (AvgIpc) is 1.71. The number of fused-ring (bicyclic) bond motifs is 1. The summed E-state index contributed by atoms with van der Waals surface area (Å²) >= 11 is 0.896. The number of phenolic OH excluding ortho intramolecular Hbond substituents is 2. The number of primary amides is 1. The number of aromatic amines is 1. The summed E-state index contributed by atoms with van der Waals surface area (Å²) < 4.78 is 5.24. The fourth-order valence-electron chi connectivity index (χ4n) is 17.2. The van der Waals surface area contributed by atoms with Gasteiger partial charge in [-0.3, -0.25) is 76.7 Å². The van der Waals surface area contributed by atoms with Gasteiger partial charge in [-0.2, -0.15) is 0 Å². The van der Waals surface area contributed by atoms with Gasteiger partial charge in [-0.1, -0.05) is 186 Å². The van der Waals surface area contributed by atoms with Gasteiger partial charge >= 0.3 is 0 Å². The molecule has 132 heavy (non-hydrogen) atoms. The lowest BCUT2D eigenvalue weighted by molar-refractivity contribution is -0.151. The van der Waals surface area contributed by atoms with Crippen LogP contribution in [0.3, 0.4) is 0 Å². The number of aromatic hydroxyl groups is 2. The van der Waals surface area contributed by atoms with Crippen molar-refractivity contribution in [3.8, 4) is 11.5 Å². The molecule has 0 radical (unpaired) electrons. The summed E-state index contributed by atoms with van der Waals surface area (Å²) in [5, 5.41) is 35.8. The highest BCUT2D eigenvalue weighted by Crippen LogP contribution is 2.36. The largest absolute Gasteiger partial charge is 0.508 e. The Hall–Kier alpha value is -12.9. The van der Waals surface area contributed by atoms with Crippen LogP contribution in [-0.4, -0.2) is 249 Å². The number of H-pyrrole nitrogens is 1. The van der Waals surface area contributed by atoms with E-state index in [1.807, 2.05) is 19.1 Å². The standard InChI is InChI=1S/C100H126N12O19S/c1-9-10-35-84-99(129)108(4)57-75(116)52-72(59-131-62-113)88(118)55-77(69-31-21-14-22-32-69)96(126)111(7)85(50-65-27-17-12-18-28-65)95(125)106-81(49-68-38-42-74(115)43-39-68)97(127)109(5)58-91(121)103-79(53-71-56-102-78-34-24-23-33-76(71)78)89(119)54-70(47-67-36-40-73(114)41-37-67)93(123)105-80(46-63(2)3)94(124)107-83(87(117)44-45-90(101)120)60-132-61-92(122)104-82(48-64-25-15-11-16-26-64)98(128)112(8)86(100(130)110(84)6)51-66-29-19-13-20-30-66/h11-13,15-20,23-30,33-34,36-43,56,62-63,69-70,72,77,79-86,102,114-115H,9-10,14,21-22,31-32,35,44-55,57-61H2,1-8H3,(H2,101,120)(H,103,121)(H,104,122)(H,105,123)(H,106,125)(H,107,124)/t70-,72+,77+,79+,80+,81+,82+,83+,84+,85+,86+/m1/s1. The Morgan fingerprint density at radius 3 is 1.62 bits per heavy atom. The molecule has 1 saturated heterocycles. The lowest BCUT2D eigenvalue weighted by atomic mass is 9.75. The molecular formula is C100H126N12O19S. The number of ether oxygens (including phenoxy) is 1. The minimum absolute atomic E-state index is 0.0334. The number of thioether (sulfide) groups is 1. The van der Waals surface area contributed by atoms with Crippen LogP contribution in [0, 0.1) is 29.6 Å². The molecule has 0 unspecified atom stereocenters. The Bertz CT molecular complexity index is 5110. The number of aromatic nitrogens is 1. The molecule has 31 nitrogen and oxygen atoms in total. The maximum atomic E-state index is 15.8. The van der Waals surface area contributed by atoms with Crippen molar-refractivity contribution >= 4 is 117 Å². The molecular weight excluding hydrogens is 1710 g/mol. The number of rotatable bonds is 25. The van der Waals surface area contributed by atoms with Crippen LogP contribution in [0.2, 0.25) is 0 Å². The molecule has 11 atom stereocenters. The van der Waals surface area contributed by atoms with E-state index in [1.54, 1.807) is 135 Å². The first-order chi connectivity index (χ1) is 63.2. The summed E-state index contributed by atoms with van der Waals surface area (Å²) in [5.41, 5.74) is 9.58. The van der Waals surface area contributed by atoms with Gasteiger partial charge < -0.3 is 76.8 Å². The SMILES string of the molecule is CCCC[C@H]1C(=O)N(C)CC(=O)C[C@@H](COC=O)C(=O)C[C@@H](C2CCCCC2)C(=O)N(C)[C@@H](Cc2ccccc2)C(=O)N[C@@H](Cc2ccc(O)cc2)C(=O)N(C)CC(=O)N[C@@H](Cc2c[nH]c3ccccc23)C(=O)C[C@@H](Cc2ccc(O)cc2)C(=O)N[C@@H](CC(C)C)C(=O)N[C@H](C(=O)CCC(N)=O)CSCC(=O)N[C@@H](Cc2ccccc2)C(=O)N(C)[C@@H](Cc2ccccc2)C(=O)N1C. The summed E-state index contributed by atoms with van der Waals surface area (Å²) in [4.78, 5) is 246. The summed E-state index contributed by atoms with van der Waals surface area (Å²) in [5.74, 6) is -16.4. The van der Waals surface area contributed by atoms with Gasteiger partial charge in [0.25, 0.3) is 6.47 Å². The zero-order chi connectivity index (χ0) is 95.7. The molecule has 706 valence electrons. The molecule has 2 aliphatic rings. The predicted octanol–water partition coefficient (Wildman–Crippen LogP) is 7.45. The number of nitrogens with two attached hydrogens (primary N) is 1. The number of nitrogens with one attached hydrogen (secondary N) is 6. The number of Topliss-reactive ketones (excluding diaryl/α,β-unsaturated/α-hetero) is 4. The van der Waals surface area contributed by atoms with E-state index in [0.717, 1.165) is 28.0 Å². The highest BCUT2D eigenvalue weighted by molar-refractivity contribution is 8.00. The van der Waals surface area contributed by atoms with Crippen LogP contribution < -0.4 is 32.3 Å².